The third kappa shape index (κ3) is 3.22. The molecular weight excluding hydrogens is 343 g/mol. The van der Waals surface area contributed by atoms with E-state index in [0.717, 1.165) is 5.56 Å². The molecule has 0 aliphatic carbocycles. The molecule has 1 heterocycles. The molecule has 0 atom stereocenters. The summed E-state index contributed by atoms with van der Waals surface area (Å²) in [6, 6.07) is 21.8. The van der Waals surface area contributed by atoms with Crippen molar-refractivity contribution in [3.05, 3.63) is 102 Å². The van der Waals surface area contributed by atoms with Gasteiger partial charge in [-0.3, -0.25) is 9.69 Å². The van der Waals surface area contributed by atoms with Crippen LogP contribution in [-0.4, -0.2) is 16.8 Å². The van der Waals surface area contributed by atoms with Crippen LogP contribution < -0.4 is 4.90 Å². The summed E-state index contributed by atoms with van der Waals surface area (Å²) in [5.41, 5.74) is 1.77. The van der Waals surface area contributed by atoms with Gasteiger partial charge >= 0.3 is 0 Å². The lowest BCUT2D eigenvalue weighted by Crippen LogP contribution is -2.32. The Morgan fingerprint density at radius 2 is 1.56 bits per heavy atom. The number of phenols is 1. The minimum Gasteiger partial charge on any atom is -0.508 e. The second-order valence-electron chi connectivity index (χ2n) is 6.01. The van der Waals surface area contributed by atoms with Crippen molar-refractivity contribution < 1.29 is 14.3 Å². The Hall–Kier alpha value is -3.73. The van der Waals surface area contributed by atoms with Crippen LogP contribution in [0, 0.1) is 5.82 Å². The van der Waals surface area contributed by atoms with Crippen LogP contribution in [0.1, 0.15) is 11.1 Å². The molecule has 0 bridgehead atoms. The number of rotatable bonds is 3. The largest absolute Gasteiger partial charge is 0.508 e. The van der Waals surface area contributed by atoms with Crippen molar-refractivity contribution in [2.45, 2.75) is 0 Å². The number of hydrogen-bond acceptors (Lipinski definition) is 3. The van der Waals surface area contributed by atoms with Crippen LogP contribution in [0.3, 0.4) is 0 Å². The van der Waals surface area contributed by atoms with Gasteiger partial charge in [0.2, 0.25) is 0 Å². The quantitative estimate of drug-likeness (QED) is 0.707. The van der Waals surface area contributed by atoms with Gasteiger partial charge in [-0.2, -0.15) is 0 Å². The van der Waals surface area contributed by atoms with Crippen molar-refractivity contribution in [1.29, 1.82) is 0 Å². The van der Waals surface area contributed by atoms with Gasteiger partial charge in [0.1, 0.15) is 23.1 Å². The molecule has 0 spiro atoms. The molecule has 3 aromatic rings. The summed E-state index contributed by atoms with van der Waals surface area (Å²) in [5.74, 6) is -0.222. The summed E-state index contributed by atoms with van der Waals surface area (Å²) in [5, 5.41) is 9.54. The number of halogens is 1. The van der Waals surface area contributed by atoms with E-state index in [2.05, 4.69) is 4.99 Å². The molecule has 1 aliphatic rings. The first-order valence-electron chi connectivity index (χ1n) is 8.37. The van der Waals surface area contributed by atoms with Gasteiger partial charge in [-0.1, -0.05) is 48.5 Å². The maximum atomic E-state index is 14.0. The first-order valence-corrected chi connectivity index (χ1v) is 8.37. The molecule has 0 saturated heterocycles. The number of amides is 1. The second kappa shape index (κ2) is 6.88. The summed E-state index contributed by atoms with van der Waals surface area (Å²) in [7, 11) is 0. The van der Waals surface area contributed by atoms with Crippen LogP contribution in [0.5, 0.6) is 5.75 Å². The zero-order valence-corrected chi connectivity index (χ0v) is 14.2. The van der Waals surface area contributed by atoms with E-state index >= 15 is 0 Å². The van der Waals surface area contributed by atoms with Gasteiger partial charge in [0.25, 0.3) is 5.91 Å². The highest BCUT2D eigenvalue weighted by molar-refractivity contribution is 6.33. The summed E-state index contributed by atoms with van der Waals surface area (Å²) in [4.78, 5) is 19.0. The topological polar surface area (TPSA) is 52.9 Å². The molecule has 0 unspecified atom stereocenters. The SMILES string of the molecule is O=C1/C(=C\c2ccccc2F)N=C(c2ccccc2)N1c1ccc(O)cc1. The van der Waals surface area contributed by atoms with Gasteiger partial charge in [0.05, 0.1) is 5.69 Å². The fourth-order valence-corrected chi connectivity index (χ4v) is 2.88. The Labute approximate surface area is 155 Å². The Balaban J connectivity index is 1.84. The lowest BCUT2D eigenvalue weighted by atomic mass is 10.1. The molecule has 5 heteroatoms. The molecule has 1 amide bonds. The van der Waals surface area contributed by atoms with E-state index in [9.17, 15) is 14.3 Å². The van der Waals surface area contributed by atoms with E-state index in [-0.39, 0.29) is 17.4 Å². The van der Waals surface area contributed by atoms with Crippen LogP contribution in [0.15, 0.2) is 89.6 Å². The third-order valence-corrected chi connectivity index (χ3v) is 4.20. The lowest BCUT2D eigenvalue weighted by Gasteiger charge is -2.18. The normalized spacial score (nSPS) is 15.3. The Kier molecular flexibility index (Phi) is 4.26. The summed E-state index contributed by atoms with van der Waals surface area (Å²) < 4.78 is 14.0. The summed E-state index contributed by atoms with van der Waals surface area (Å²) in [6.07, 6.45) is 1.45. The van der Waals surface area contributed by atoms with Crippen molar-refractivity contribution in [3.63, 3.8) is 0 Å². The van der Waals surface area contributed by atoms with Crippen LogP contribution in [0.2, 0.25) is 0 Å². The molecule has 0 aromatic heterocycles. The van der Waals surface area contributed by atoms with Gasteiger partial charge in [-0.25, -0.2) is 9.38 Å². The van der Waals surface area contributed by atoms with Crippen molar-refractivity contribution in [1.82, 2.24) is 0 Å². The molecule has 0 fully saturated rings. The molecule has 0 radical (unpaired) electrons. The minimum absolute atomic E-state index is 0.103. The number of carbonyl (C=O) groups is 1. The predicted molar refractivity (Wildman–Crippen MR) is 103 cm³/mol. The standard InChI is InChI=1S/C22H15FN2O2/c23-19-9-5-4-8-16(19)14-20-22(27)25(17-10-12-18(26)13-11-17)21(24-20)15-6-2-1-3-7-15/h1-14,26H/b20-14+. The van der Waals surface area contributed by atoms with E-state index in [4.69, 9.17) is 0 Å². The first kappa shape index (κ1) is 16.7. The van der Waals surface area contributed by atoms with Crippen LogP contribution in [0.25, 0.3) is 6.08 Å². The Morgan fingerprint density at radius 1 is 0.889 bits per heavy atom. The molecule has 3 aromatic carbocycles. The van der Waals surface area contributed by atoms with Crippen molar-refractivity contribution in [2.75, 3.05) is 4.90 Å². The van der Waals surface area contributed by atoms with Crippen molar-refractivity contribution >= 4 is 23.5 Å². The number of nitrogens with zero attached hydrogens (tertiary/aromatic N) is 2. The predicted octanol–water partition coefficient (Wildman–Crippen LogP) is 4.37. The fraction of sp³-hybridized carbons (Fsp3) is 0. The van der Waals surface area contributed by atoms with Crippen LogP contribution in [-0.2, 0) is 4.79 Å². The molecule has 1 aliphatic heterocycles. The number of phenolic OH excluding ortho intramolecular Hbond substituents is 1. The summed E-state index contributed by atoms with van der Waals surface area (Å²) in [6.45, 7) is 0. The van der Waals surface area contributed by atoms with Gasteiger partial charge in [0.15, 0.2) is 0 Å². The molecule has 1 N–H and O–H groups in total. The molecule has 132 valence electrons. The zero-order valence-electron chi connectivity index (χ0n) is 14.2. The lowest BCUT2D eigenvalue weighted by molar-refractivity contribution is -0.113. The number of hydrogen-bond donors (Lipinski definition) is 1. The number of anilines is 1. The minimum atomic E-state index is -0.419. The number of aromatic hydroxyl groups is 1. The molecule has 0 saturated carbocycles. The monoisotopic (exact) mass is 358 g/mol. The van der Waals surface area contributed by atoms with Gasteiger partial charge in [-0.05, 0) is 36.4 Å². The van der Waals surface area contributed by atoms with Gasteiger partial charge in [0, 0.05) is 11.1 Å². The Bertz CT molecular complexity index is 1060. The Morgan fingerprint density at radius 3 is 2.26 bits per heavy atom. The smallest absolute Gasteiger partial charge is 0.282 e. The highest BCUT2D eigenvalue weighted by Gasteiger charge is 2.32. The average molecular weight is 358 g/mol. The number of carbonyl (C=O) groups excluding carboxylic acids is 1. The van der Waals surface area contributed by atoms with Crippen molar-refractivity contribution in [2.24, 2.45) is 4.99 Å². The average Bonchev–Trinajstić information content (AvgIpc) is 3.01. The van der Waals surface area contributed by atoms with Crippen LogP contribution in [0.4, 0.5) is 10.1 Å². The maximum absolute atomic E-state index is 14.0. The highest BCUT2D eigenvalue weighted by Crippen LogP contribution is 2.29. The maximum Gasteiger partial charge on any atom is 0.282 e. The number of amidine groups is 1. The second-order valence-corrected chi connectivity index (χ2v) is 6.01. The summed E-state index contributed by atoms with van der Waals surface area (Å²) >= 11 is 0. The van der Waals surface area contributed by atoms with Gasteiger partial charge < -0.3 is 5.11 Å². The van der Waals surface area contributed by atoms with Gasteiger partial charge in [-0.15, -0.1) is 0 Å². The number of aliphatic imine (C=N–C) groups is 1. The van der Waals surface area contributed by atoms with Crippen LogP contribution >= 0.6 is 0 Å². The third-order valence-electron chi connectivity index (χ3n) is 4.20. The molecule has 4 rings (SSSR count). The van der Waals surface area contributed by atoms with Crippen molar-refractivity contribution in [3.8, 4) is 5.75 Å². The molecular formula is C22H15FN2O2. The van der Waals surface area contributed by atoms with E-state index < -0.39 is 5.82 Å². The number of benzene rings is 3. The fourth-order valence-electron chi connectivity index (χ4n) is 2.88. The molecule has 27 heavy (non-hydrogen) atoms. The molecule has 4 nitrogen and oxygen atoms in total. The van der Waals surface area contributed by atoms with E-state index in [1.165, 1.54) is 29.2 Å². The first-order chi connectivity index (χ1) is 13.1. The zero-order chi connectivity index (χ0) is 18.8. The van der Waals surface area contributed by atoms with E-state index in [1.54, 1.807) is 30.3 Å². The van der Waals surface area contributed by atoms with E-state index in [1.807, 2.05) is 30.3 Å². The highest BCUT2D eigenvalue weighted by atomic mass is 19.1. The van der Waals surface area contributed by atoms with E-state index in [0.29, 0.717) is 17.1 Å².